The van der Waals surface area contributed by atoms with E-state index in [-0.39, 0.29) is 5.75 Å². The molecule has 0 unspecified atom stereocenters. The topological polar surface area (TPSA) is 49.9 Å². The highest BCUT2D eigenvalue weighted by Gasteiger charge is 2.27. The van der Waals surface area contributed by atoms with Crippen molar-refractivity contribution in [3.05, 3.63) is 16.5 Å². The maximum absolute atomic E-state index is 12.2. The third-order valence-corrected chi connectivity index (χ3v) is 7.84. The third-order valence-electron chi connectivity index (χ3n) is 4.74. The molecule has 1 aromatic rings. The summed E-state index contributed by atoms with van der Waals surface area (Å²) in [5, 5.41) is 0.941. The monoisotopic (exact) mass is 372 g/mol. The lowest BCUT2D eigenvalue weighted by atomic mass is 10.1. The van der Waals surface area contributed by atoms with Crippen LogP contribution in [0.2, 0.25) is 0 Å². The highest BCUT2D eigenvalue weighted by atomic mass is 32.2. The highest BCUT2D eigenvalue weighted by molar-refractivity contribution is 7.89. The second-order valence-electron chi connectivity index (χ2n) is 6.66. The van der Waals surface area contributed by atoms with Crippen LogP contribution in [0.25, 0.3) is 0 Å². The van der Waals surface area contributed by atoms with Crippen molar-refractivity contribution in [1.29, 1.82) is 0 Å². The van der Waals surface area contributed by atoms with Crippen LogP contribution in [0.4, 0.5) is 0 Å². The summed E-state index contributed by atoms with van der Waals surface area (Å²) < 4.78 is 32.0. The first-order chi connectivity index (χ1) is 11.6. The Labute approximate surface area is 149 Å². The molecule has 0 aromatic carbocycles. The summed E-state index contributed by atoms with van der Waals surface area (Å²) in [6.07, 6.45) is 5.18. The molecule has 5 nitrogen and oxygen atoms in total. The van der Waals surface area contributed by atoms with E-state index in [1.54, 1.807) is 15.6 Å². The second kappa shape index (κ2) is 8.17. The summed E-state index contributed by atoms with van der Waals surface area (Å²) in [7, 11) is -3.10. The van der Waals surface area contributed by atoms with E-state index in [9.17, 15) is 8.42 Å². The van der Waals surface area contributed by atoms with Gasteiger partial charge in [0.15, 0.2) is 5.06 Å². The van der Waals surface area contributed by atoms with Gasteiger partial charge in [0.25, 0.3) is 0 Å². The molecule has 0 saturated carbocycles. The van der Waals surface area contributed by atoms with E-state index in [4.69, 9.17) is 4.74 Å². The molecule has 24 heavy (non-hydrogen) atoms. The van der Waals surface area contributed by atoms with Crippen LogP contribution < -0.4 is 4.74 Å². The lowest BCUT2D eigenvalue weighted by Gasteiger charge is -2.25. The lowest BCUT2D eigenvalue weighted by Crippen LogP contribution is -2.36. The van der Waals surface area contributed by atoms with Gasteiger partial charge in [0, 0.05) is 24.5 Å². The average molecular weight is 373 g/mol. The summed E-state index contributed by atoms with van der Waals surface area (Å²) >= 11 is 1.61. The Morgan fingerprint density at radius 1 is 1.25 bits per heavy atom. The zero-order valence-electron chi connectivity index (χ0n) is 14.5. The molecule has 3 heterocycles. The van der Waals surface area contributed by atoms with E-state index in [1.807, 2.05) is 6.92 Å². The van der Waals surface area contributed by atoms with E-state index in [0.29, 0.717) is 19.5 Å². The van der Waals surface area contributed by atoms with Gasteiger partial charge in [0.05, 0.1) is 12.4 Å². The zero-order chi connectivity index (χ0) is 17.0. The molecule has 0 N–H and O–H groups in total. The van der Waals surface area contributed by atoms with Crippen molar-refractivity contribution >= 4 is 21.4 Å². The Morgan fingerprint density at radius 3 is 2.79 bits per heavy atom. The molecule has 0 radical (unpaired) electrons. The van der Waals surface area contributed by atoms with Gasteiger partial charge in [-0.1, -0.05) is 6.92 Å². The molecule has 1 aromatic heterocycles. The minimum atomic E-state index is -3.10. The quantitative estimate of drug-likeness (QED) is 0.659. The van der Waals surface area contributed by atoms with Crippen LogP contribution in [0.5, 0.6) is 5.06 Å². The molecule has 7 heteroatoms. The molecule has 0 aliphatic carbocycles. The fourth-order valence-corrected chi connectivity index (χ4v) is 6.08. The van der Waals surface area contributed by atoms with Crippen molar-refractivity contribution < 1.29 is 13.2 Å². The number of hydrogen-bond donors (Lipinski definition) is 0. The molecule has 0 spiro atoms. The maximum Gasteiger partial charge on any atom is 0.214 e. The second-order valence-corrected chi connectivity index (χ2v) is 9.85. The minimum Gasteiger partial charge on any atom is -0.484 e. The number of likely N-dealkylation sites (tertiary alicyclic amines) is 1. The third kappa shape index (κ3) is 4.50. The van der Waals surface area contributed by atoms with Crippen LogP contribution in [0.15, 0.2) is 6.07 Å². The van der Waals surface area contributed by atoms with Gasteiger partial charge >= 0.3 is 0 Å². The molecule has 136 valence electrons. The van der Waals surface area contributed by atoms with E-state index < -0.39 is 10.0 Å². The fourth-order valence-electron chi connectivity index (χ4n) is 3.43. The van der Waals surface area contributed by atoms with Crippen molar-refractivity contribution in [2.24, 2.45) is 0 Å². The molecule has 0 amide bonds. The largest absolute Gasteiger partial charge is 0.484 e. The van der Waals surface area contributed by atoms with E-state index in [2.05, 4.69) is 11.0 Å². The first-order valence-electron chi connectivity index (χ1n) is 9.03. The van der Waals surface area contributed by atoms with E-state index in [0.717, 1.165) is 35.9 Å². The average Bonchev–Trinajstić information content (AvgIpc) is 3.19. The van der Waals surface area contributed by atoms with Crippen molar-refractivity contribution in [3.63, 3.8) is 0 Å². The predicted molar refractivity (Wildman–Crippen MR) is 98.3 cm³/mol. The van der Waals surface area contributed by atoms with Gasteiger partial charge in [0.2, 0.25) is 10.0 Å². The Bertz CT molecular complexity index is 636. The number of ether oxygens (including phenoxy) is 1. The molecular formula is C17H28N2O3S2. The first kappa shape index (κ1) is 18.2. The smallest absolute Gasteiger partial charge is 0.214 e. The van der Waals surface area contributed by atoms with Gasteiger partial charge in [-0.2, -0.15) is 4.31 Å². The standard InChI is InChI=1S/C17H28N2O3S2/c1-2-12-24(20,21)19-10-6-15-13-17(23-16(15)14-19)22-11-5-9-18-7-3-4-8-18/h13H,2-12,14H2,1H3. The summed E-state index contributed by atoms with van der Waals surface area (Å²) in [5.41, 5.74) is 1.26. The molecule has 2 aliphatic rings. The zero-order valence-corrected chi connectivity index (χ0v) is 16.1. The summed E-state index contributed by atoms with van der Waals surface area (Å²) in [6, 6.07) is 2.11. The van der Waals surface area contributed by atoms with Crippen LogP contribution >= 0.6 is 11.3 Å². The fraction of sp³-hybridized carbons (Fsp3) is 0.765. The normalized spacial score (nSPS) is 19.5. The van der Waals surface area contributed by atoms with Crippen LogP contribution in [0.3, 0.4) is 0 Å². The maximum atomic E-state index is 12.2. The number of rotatable bonds is 8. The Hall–Kier alpha value is -0.630. The summed E-state index contributed by atoms with van der Waals surface area (Å²) in [5.74, 6) is 0.244. The molecule has 3 rings (SSSR count). The Balaban J connectivity index is 1.49. The minimum absolute atomic E-state index is 0.244. The van der Waals surface area contributed by atoms with Crippen LogP contribution in [0.1, 0.15) is 43.0 Å². The van der Waals surface area contributed by atoms with Gasteiger partial charge in [-0.25, -0.2) is 8.42 Å². The van der Waals surface area contributed by atoms with Crippen LogP contribution in [-0.2, 0) is 23.0 Å². The van der Waals surface area contributed by atoms with Crippen molar-refractivity contribution in [1.82, 2.24) is 9.21 Å². The van der Waals surface area contributed by atoms with Crippen molar-refractivity contribution in [2.45, 2.75) is 45.6 Å². The van der Waals surface area contributed by atoms with Gasteiger partial charge in [-0.05, 0) is 56.8 Å². The van der Waals surface area contributed by atoms with Gasteiger partial charge in [-0.3, -0.25) is 0 Å². The highest BCUT2D eigenvalue weighted by Crippen LogP contribution is 2.34. The van der Waals surface area contributed by atoms with E-state index >= 15 is 0 Å². The van der Waals surface area contributed by atoms with Crippen LogP contribution in [0, 0.1) is 0 Å². The molecule has 0 bridgehead atoms. The lowest BCUT2D eigenvalue weighted by molar-refractivity contribution is 0.268. The number of fused-ring (bicyclic) bond motifs is 1. The molecule has 1 saturated heterocycles. The SMILES string of the molecule is CCCS(=O)(=O)N1CCc2cc(OCCCN3CCCC3)sc2C1. The Morgan fingerprint density at radius 2 is 2.04 bits per heavy atom. The van der Waals surface area contributed by atoms with E-state index in [1.165, 1.54) is 31.5 Å². The summed E-state index contributed by atoms with van der Waals surface area (Å²) in [4.78, 5) is 3.65. The van der Waals surface area contributed by atoms with Crippen molar-refractivity contribution in [3.8, 4) is 5.06 Å². The van der Waals surface area contributed by atoms with Gasteiger partial charge < -0.3 is 9.64 Å². The van der Waals surface area contributed by atoms with Crippen molar-refractivity contribution in [2.75, 3.05) is 38.5 Å². The first-order valence-corrected chi connectivity index (χ1v) is 11.5. The molecule has 0 atom stereocenters. The number of sulfonamides is 1. The number of hydrogen-bond acceptors (Lipinski definition) is 5. The molecule has 2 aliphatic heterocycles. The Kier molecular flexibility index (Phi) is 6.18. The molecular weight excluding hydrogens is 344 g/mol. The van der Waals surface area contributed by atoms with Crippen LogP contribution in [-0.4, -0.2) is 56.2 Å². The summed E-state index contributed by atoms with van der Waals surface area (Å²) in [6.45, 7) is 7.35. The van der Waals surface area contributed by atoms with Gasteiger partial charge in [0.1, 0.15) is 0 Å². The molecule has 1 fully saturated rings. The number of thiophene rings is 1. The predicted octanol–water partition coefficient (Wildman–Crippen LogP) is 2.71. The number of nitrogens with zero attached hydrogens (tertiary/aromatic N) is 2. The van der Waals surface area contributed by atoms with Gasteiger partial charge in [-0.15, -0.1) is 11.3 Å².